The minimum atomic E-state index is -4.72. The first-order chi connectivity index (χ1) is 12.3. The molecule has 0 radical (unpaired) electrons. The summed E-state index contributed by atoms with van der Waals surface area (Å²) in [5.74, 6) is 0.0477. The van der Waals surface area contributed by atoms with Gasteiger partial charge < -0.3 is 14.2 Å². The molecule has 0 amide bonds. The number of benzene rings is 1. The summed E-state index contributed by atoms with van der Waals surface area (Å²) in [7, 11) is 0. The molecule has 10 heteroatoms. The lowest BCUT2D eigenvalue weighted by molar-refractivity contribution is -0.274. The van der Waals surface area contributed by atoms with Gasteiger partial charge >= 0.3 is 6.36 Å². The quantitative estimate of drug-likeness (QED) is 0.746. The monoisotopic (exact) mass is 366 g/mol. The molecule has 2 heterocycles. The molecule has 1 aromatic carbocycles. The van der Waals surface area contributed by atoms with Crippen LogP contribution in [0.5, 0.6) is 5.75 Å². The average molecular weight is 366 g/mol. The predicted molar refractivity (Wildman–Crippen MR) is 83.4 cm³/mol. The minimum absolute atomic E-state index is 0.187. The Balaban J connectivity index is 1.69. The van der Waals surface area contributed by atoms with Gasteiger partial charge in [-0.15, -0.1) is 13.2 Å². The Morgan fingerprint density at radius 3 is 2.65 bits per heavy atom. The number of nitrogens with one attached hydrogen (secondary N) is 1. The number of hydrogen-bond acceptors (Lipinski definition) is 6. The van der Waals surface area contributed by atoms with Crippen LogP contribution in [0.4, 0.5) is 13.2 Å². The van der Waals surface area contributed by atoms with Crippen molar-refractivity contribution in [3.05, 3.63) is 58.5 Å². The van der Waals surface area contributed by atoms with Crippen molar-refractivity contribution in [1.82, 2.24) is 20.1 Å². The van der Waals surface area contributed by atoms with E-state index in [0.717, 1.165) is 5.56 Å². The Morgan fingerprint density at radius 2 is 2.00 bits per heavy atom. The maximum atomic E-state index is 12.2. The molecule has 0 spiro atoms. The molecule has 0 fully saturated rings. The zero-order chi connectivity index (χ0) is 18.7. The van der Waals surface area contributed by atoms with E-state index in [-0.39, 0.29) is 28.7 Å². The zero-order valence-corrected chi connectivity index (χ0v) is 13.4. The Labute approximate surface area is 144 Å². The van der Waals surface area contributed by atoms with E-state index in [0.29, 0.717) is 12.3 Å². The van der Waals surface area contributed by atoms with Crippen LogP contribution in [0, 0.1) is 0 Å². The molecule has 1 unspecified atom stereocenters. The molecule has 1 atom stereocenters. The molecule has 2 aromatic heterocycles. The summed E-state index contributed by atoms with van der Waals surface area (Å²) in [6.07, 6.45) is -3.01. The first kappa shape index (κ1) is 17.6. The summed E-state index contributed by atoms with van der Waals surface area (Å²) in [4.78, 5) is 21.9. The van der Waals surface area contributed by atoms with Crippen LogP contribution in [0.3, 0.4) is 0 Å². The van der Waals surface area contributed by atoms with Crippen LogP contribution in [-0.4, -0.2) is 26.5 Å². The fourth-order valence-electron chi connectivity index (χ4n) is 2.30. The van der Waals surface area contributed by atoms with Crippen molar-refractivity contribution in [2.75, 3.05) is 0 Å². The number of ether oxygens (including phenoxy) is 1. The average Bonchev–Trinajstić information content (AvgIpc) is 3.05. The molecule has 136 valence electrons. The minimum Gasteiger partial charge on any atom is -0.406 e. The second-order valence-corrected chi connectivity index (χ2v) is 5.55. The van der Waals surface area contributed by atoms with E-state index >= 15 is 0 Å². The van der Waals surface area contributed by atoms with Crippen molar-refractivity contribution in [3.8, 4) is 17.3 Å². The van der Waals surface area contributed by atoms with Crippen molar-refractivity contribution >= 4 is 0 Å². The van der Waals surface area contributed by atoms with Crippen LogP contribution >= 0.6 is 0 Å². The third-order valence-corrected chi connectivity index (χ3v) is 3.47. The van der Waals surface area contributed by atoms with Crippen molar-refractivity contribution < 1.29 is 22.4 Å². The Morgan fingerprint density at radius 1 is 1.27 bits per heavy atom. The number of halogens is 3. The van der Waals surface area contributed by atoms with Gasteiger partial charge in [0, 0.05) is 12.0 Å². The highest BCUT2D eigenvalue weighted by Crippen LogP contribution is 2.25. The van der Waals surface area contributed by atoms with Gasteiger partial charge in [0.2, 0.25) is 11.7 Å². The van der Waals surface area contributed by atoms with E-state index in [9.17, 15) is 18.0 Å². The Kier molecular flexibility index (Phi) is 4.74. The highest BCUT2D eigenvalue weighted by molar-refractivity contribution is 5.46. The van der Waals surface area contributed by atoms with Crippen LogP contribution < -0.4 is 10.3 Å². The summed E-state index contributed by atoms with van der Waals surface area (Å²) in [6.45, 7) is 1.84. The van der Waals surface area contributed by atoms with E-state index in [1.165, 1.54) is 36.7 Å². The fourth-order valence-corrected chi connectivity index (χ4v) is 2.30. The smallest absolute Gasteiger partial charge is 0.406 e. The second-order valence-electron chi connectivity index (χ2n) is 5.55. The van der Waals surface area contributed by atoms with Crippen molar-refractivity contribution in [2.45, 2.75) is 25.6 Å². The predicted octanol–water partition coefficient (Wildman–Crippen LogP) is 3.06. The van der Waals surface area contributed by atoms with E-state index < -0.39 is 6.36 Å². The molecule has 0 aliphatic heterocycles. The Hall–Kier alpha value is -3.17. The maximum Gasteiger partial charge on any atom is 0.573 e. The standard InChI is InChI=1S/C16H13F3N4O3/c1-9(6-10-2-4-11(5-3-10)25-16(17,18)19)15-22-14(23-26-15)12-7-13(24)21-8-20-12/h2-5,7-9H,6H2,1H3,(H,20,21,24). The van der Waals surface area contributed by atoms with Crippen molar-refractivity contribution in [3.63, 3.8) is 0 Å². The molecule has 0 saturated heterocycles. The van der Waals surface area contributed by atoms with Gasteiger partial charge in [0.15, 0.2) is 0 Å². The van der Waals surface area contributed by atoms with Crippen molar-refractivity contribution in [2.24, 2.45) is 0 Å². The van der Waals surface area contributed by atoms with Gasteiger partial charge in [-0.05, 0) is 24.1 Å². The summed E-state index contributed by atoms with van der Waals surface area (Å²) in [5, 5.41) is 3.80. The normalized spacial score (nSPS) is 12.8. The molecular weight excluding hydrogens is 353 g/mol. The van der Waals surface area contributed by atoms with Crippen molar-refractivity contribution in [1.29, 1.82) is 0 Å². The van der Waals surface area contributed by atoms with E-state index in [4.69, 9.17) is 4.52 Å². The lowest BCUT2D eigenvalue weighted by atomic mass is 10.0. The largest absolute Gasteiger partial charge is 0.573 e. The second kappa shape index (κ2) is 6.98. The summed E-state index contributed by atoms with van der Waals surface area (Å²) in [5.41, 5.74) is 0.723. The number of H-pyrrole nitrogens is 1. The number of hydrogen-bond donors (Lipinski definition) is 1. The third kappa shape index (κ3) is 4.47. The first-order valence-electron chi connectivity index (χ1n) is 7.53. The van der Waals surface area contributed by atoms with Crippen LogP contribution in [0.25, 0.3) is 11.5 Å². The van der Waals surface area contributed by atoms with Gasteiger partial charge in [-0.2, -0.15) is 4.98 Å². The molecule has 0 bridgehead atoms. The zero-order valence-electron chi connectivity index (χ0n) is 13.4. The number of rotatable bonds is 5. The summed E-state index contributed by atoms with van der Waals surface area (Å²) >= 11 is 0. The molecule has 0 aliphatic carbocycles. The molecule has 1 N–H and O–H groups in total. The number of aromatic amines is 1. The van der Waals surface area contributed by atoms with Crippen LogP contribution in [0.1, 0.15) is 24.3 Å². The molecule has 7 nitrogen and oxygen atoms in total. The molecule has 0 saturated carbocycles. The number of nitrogens with zero attached hydrogens (tertiary/aromatic N) is 3. The highest BCUT2D eigenvalue weighted by Gasteiger charge is 2.31. The molecule has 3 aromatic rings. The molecule has 26 heavy (non-hydrogen) atoms. The molecular formula is C16H13F3N4O3. The van der Waals surface area contributed by atoms with Gasteiger partial charge in [0.25, 0.3) is 5.56 Å². The van der Waals surface area contributed by atoms with Gasteiger partial charge in [-0.3, -0.25) is 4.79 Å². The SMILES string of the molecule is CC(Cc1ccc(OC(F)(F)F)cc1)c1nc(-c2cc(=O)[nH]cn2)no1. The first-order valence-corrected chi connectivity index (χ1v) is 7.53. The van der Waals surface area contributed by atoms with Gasteiger partial charge in [0.05, 0.1) is 6.33 Å². The molecule has 3 rings (SSSR count). The third-order valence-electron chi connectivity index (χ3n) is 3.47. The van der Waals surface area contributed by atoms with Crippen LogP contribution in [0.2, 0.25) is 0 Å². The van der Waals surface area contributed by atoms with Crippen LogP contribution in [0.15, 0.2) is 46.0 Å². The van der Waals surface area contributed by atoms with Gasteiger partial charge in [-0.1, -0.05) is 24.2 Å². The number of aromatic nitrogens is 4. The Bertz CT molecular complexity index is 935. The van der Waals surface area contributed by atoms with E-state index in [1.54, 1.807) is 0 Å². The van der Waals surface area contributed by atoms with Gasteiger partial charge in [0.1, 0.15) is 11.4 Å². The number of alkyl halides is 3. The van der Waals surface area contributed by atoms with E-state index in [1.807, 2.05) is 6.92 Å². The summed E-state index contributed by atoms with van der Waals surface area (Å²) < 4.78 is 45.5. The van der Waals surface area contributed by atoms with Crippen LogP contribution in [-0.2, 0) is 6.42 Å². The maximum absolute atomic E-state index is 12.2. The molecule has 0 aliphatic rings. The van der Waals surface area contributed by atoms with Gasteiger partial charge in [-0.25, -0.2) is 4.98 Å². The summed E-state index contributed by atoms with van der Waals surface area (Å²) in [6, 6.07) is 6.81. The highest BCUT2D eigenvalue weighted by atomic mass is 19.4. The fraction of sp³-hybridized carbons (Fsp3) is 0.250. The topological polar surface area (TPSA) is 93.9 Å². The van der Waals surface area contributed by atoms with E-state index in [2.05, 4.69) is 24.8 Å². The lowest BCUT2D eigenvalue weighted by Gasteiger charge is -2.10. The lowest BCUT2D eigenvalue weighted by Crippen LogP contribution is -2.17.